The van der Waals surface area contributed by atoms with Gasteiger partial charge >= 0.3 is 6.55 Å². The van der Waals surface area contributed by atoms with Crippen molar-refractivity contribution in [2.75, 3.05) is 5.32 Å². The van der Waals surface area contributed by atoms with Gasteiger partial charge in [0.05, 0.1) is 28.5 Å². The first-order valence-corrected chi connectivity index (χ1v) is 7.79. The second kappa shape index (κ2) is 7.20. The maximum Gasteiger partial charge on any atom is 0.333 e. The van der Waals surface area contributed by atoms with Crippen molar-refractivity contribution < 1.29 is 13.6 Å². The lowest BCUT2D eigenvalue weighted by molar-refractivity contribution is 0.0561. The highest BCUT2D eigenvalue weighted by molar-refractivity contribution is 6.42. The molecule has 3 rings (SSSR count). The van der Waals surface area contributed by atoms with Crippen LogP contribution >= 0.6 is 23.2 Å². The van der Waals surface area contributed by atoms with Gasteiger partial charge < -0.3 is 5.32 Å². The van der Waals surface area contributed by atoms with Crippen molar-refractivity contribution in [2.45, 2.75) is 13.1 Å². The Hall–Kier alpha value is -2.45. The molecule has 0 fully saturated rings. The van der Waals surface area contributed by atoms with Crippen molar-refractivity contribution >= 4 is 34.8 Å². The molecule has 1 aromatic carbocycles. The van der Waals surface area contributed by atoms with Gasteiger partial charge in [-0.2, -0.15) is 19.0 Å². The molecule has 0 aliphatic rings. The fraction of sp³-hybridized carbons (Fsp3) is 0.133. The second-order valence-electron chi connectivity index (χ2n) is 5.09. The first-order chi connectivity index (χ1) is 11.9. The average molecular weight is 386 g/mol. The van der Waals surface area contributed by atoms with Crippen molar-refractivity contribution in [3.8, 4) is 0 Å². The number of carbonyl (C=O) groups is 1. The van der Waals surface area contributed by atoms with E-state index in [1.807, 2.05) is 6.07 Å². The van der Waals surface area contributed by atoms with Crippen LogP contribution in [-0.4, -0.2) is 25.5 Å². The lowest BCUT2D eigenvalue weighted by Gasteiger charge is -2.03. The van der Waals surface area contributed by atoms with Crippen LogP contribution in [0.1, 0.15) is 22.6 Å². The van der Waals surface area contributed by atoms with E-state index in [2.05, 4.69) is 15.5 Å². The molecule has 1 N–H and O–H groups in total. The first kappa shape index (κ1) is 17.4. The van der Waals surface area contributed by atoms with E-state index >= 15 is 0 Å². The standard InChI is InChI=1S/C15H11Cl2F2N5O/c16-11-2-1-9(5-12(11)17)7-23-8-10(6-20-23)21-14(25)13-3-4-24(22-13)15(18)19/h1-6,8,15H,7H2,(H,21,25). The molecule has 10 heteroatoms. The quantitative estimate of drug-likeness (QED) is 0.719. The summed E-state index contributed by atoms with van der Waals surface area (Å²) in [6.07, 6.45) is 4.08. The van der Waals surface area contributed by atoms with Crippen LogP contribution in [0.25, 0.3) is 0 Å². The Balaban J connectivity index is 1.66. The minimum Gasteiger partial charge on any atom is -0.318 e. The molecule has 0 saturated carbocycles. The van der Waals surface area contributed by atoms with Crippen LogP contribution in [-0.2, 0) is 6.54 Å². The Bertz CT molecular complexity index is 909. The summed E-state index contributed by atoms with van der Waals surface area (Å²) in [7, 11) is 0. The van der Waals surface area contributed by atoms with Gasteiger partial charge in [0, 0.05) is 12.4 Å². The van der Waals surface area contributed by atoms with E-state index in [9.17, 15) is 13.6 Å². The third-order valence-electron chi connectivity index (χ3n) is 3.26. The maximum atomic E-state index is 12.5. The van der Waals surface area contributed by atoms with Crippen LogP contribution in [0.3, 0.4) is 0 Å². The number of amides is 1. The minimum absolute atomic E-state index is 0.113. The molecule has 0 aliphatic carbocycles. The van der Waals surface area contributed by atoms with Crippen molar-refractivity contribution in [1.29, 1.82) is 0 Å². The van der Waals surface area contributed by atoms with E-state index in [-0.39, 0.29) is 5.69 Å². The van der Waals surface area contributed by atoms with Gasteiger partial charge in [-0.05, 0) is 23.8 Å². The summed E-state index contributed by atoms with van der Waals surface area (Å²) in [5, 5.41) is 11.1. The number of hydrogen-bond acceptors (Lipinski definition) is 3. The number of alkyl halides is 2. The molecule has 25 heavy (non-hydrogen) atoms. The predicted octanol–water partition coefficient (Wildman–Crippen LogP) is 4.08. The molecule has 1 amide bonds. The molecule has 0 saturated heterocycles. The van der Waals surface area contributed by atoms with Crippen LogP contribution < -0.4 is 5.32 Å². The summed E-state index contributed by atoms with van der Waals surface area (Å²) in [4.78, 5) is 12.0. The largest absolute Gasteiger partial charge is 0.333 e. The zero-order valence-electron chi connectivity index (χ0n) is 12.5. The van der Waals surface area contributed by atoms with Crippen LogP contribution in [0.15, 0.2) is 42.9 Å². The van der Waals surface area contributed by atoms with Crippen molar-refractivity contribution in [3.05, 3.63) is 64.2 Å². The third-order valence-corrected chi connectivity index (χ3v) is 4.00. The SMILES string of the molecule is O=C(Nc1cnn(Cc2ccc(Cl)c(Cl)c2)c1)c1ccn(C(F)F)n1. The highest BCUT2D eigenvalue weighted by Crippen LogP contribution is 2.23. The van der Waals surface area contributed by atoms with Crippen LogP contribution in [0.2, 0.25) is 10.0 Å². The Morgan fingerprint density at radius 2 is 2.04 bits per heavy atom. The second-order valence-corrected chi connectivity index (χ2v) is 5.90. The zero-order valence-corrected chi connectivity index (χ0v) is 14.0. The molecule has 0 spiro atoms. The van der Waals surface area contributed by atoms with E-state index in [0.717, 1.165) is 11.8 Å². The average Bonchev–Trinajstić information content (AvgIpc) is 3.20. The summed E-state index contributed by atoms with van der Waals surface area (Å²) in [5.74, 6) is -0.603. The third kappa shape index (κ3) is 4.15. The number of benzene rings is 1. The van der Waals surface area contributed by atoms with Crippen molar-refractivity contribution in [2.24, 2.45) is 0 Å². The molecular formula is C15H11Cl2F2N5O. The first-order valence-electron chi connectivity index (χ1n) is 7.03. The van der Waals surface area contributed by atoms with Crippen LogP contribution in [0.4, 0.5) is 14.5 Å². The Labute approximate surface area is 151 Å². The van der Waals surface area contributed by atoms with Gasteiger partial charge in [-0.25, -0.2) is 4.68 Å². The maximum absolute atomic E-state index is 12.5. The number of anilines is 1. The molecular weight excluding hydrogens is 375 g/mol. The number of aromatic nitrogens is 4. The van der Waals surface area contributed by atoms with E-state index in [4.69, 9.17) is 23.2 Å². The fourth-order valence-corrected chi connectivity index (χ4v) is 2.42. The number of hydrogen-bond donors (Lipinski definition) is 1. The van der Waals surface area contributed by atoms with Gasteiger partial charge in [-0.3, -0.25) is 9.48 Å². The number of carbonyl (C=O) groups excluding carboxylic acids is 1. The molecule has 3 aromatic rings. The van der Waals surface area contributed by atoms with Gasteiger partial charge in [-0.1, -0.05) is 29.3 Å². The zero-order chi connectivity index (χ0) is 18.0. The van der Waals surface area contributed by atoms with Gasteiger partial charge in [-0.15, -0.1) is 0 Å². The van der Waals surface area contributed by atoms with Crippen LogP contribution in [0.5, 0.6) is 0 Å². The van der Waals surface area contributed by atoms with E-state index in [1.165, 1.54) is 12.3 Å². The van der Waals surface area contributed by atoms with Gasteiger partial charge in [0.25, 0.3) is 5.91 Å². The lowest BCUT2D eigenvalue weighted by Crippen LogP contribution is -2.13. The van der Waals surface area contributed by atoms with E-state index in [0.29, 0.717) is 27.0 Å². The summed E-state index contributed by atoms with van der Waals surface area (Å²) >= 11 is 11.8. The van der Waals surface area contributed by atoms with E-state index < -0.39 is 12.5 Å². The van der Waals surface area contributed by atoms with Crippen LogP contribution in [0, 0.1) is 0 Å². The monoisotopic (exact) mass is 385 g/mol. The molecule has 0 bridgehead atoms. The summed E-state index contributed by atoms with van der Waals surface area (Å²) in [5.41, 5.74) is 1.18. The molecule has 130 valence electrons. The molecule has 2 heterocycles. The molecule has 0 aliphatic heterocycles. The van der Waals surface area contributed by atoms with Gasteiger partial charge in [0.2, 0.25) is 0 Å². The molecule has 0 radical (unpaired) electrons. The molecule has 0 unspecified atom stereocenters. The molecule has 6 nitrogen and oxygen atoms in total. The topological polar surface area (TPSA) is 64.7 Å². The number of halogens is 4. The van der Waals surface area contributed by atoms with Crippen molar-refractivity contribution in [3.63, 3.8) is 0 Å². The van der Waals surface area contributed by atoms with E-state index in [1.54, 1.807) is 23.0 Å². The lowest BCUT2D eigenvalue weighted by atomic mass is 10.2. The Morgan fingerprint density at radius 3 is 2.72 bits per heavy atom. The number of rotatable bonds is 5. The molecule has 0 atom stereocenters. The normalized spacial score (nSPS) is 11.1. The summed E-state index contributed by atoms with van der Waals surface area (Å²) in [6.45, 7) is -2.37. The highest BCUT2D eigenvalue weighted by atomic mass is 35.5. The smallest absolute Gasteiger partial charge is 0.318 e. The number of nitrogens with one attached hydrogen (secondary N) is 1. The minimum atomic E-state index is -2.80. The number of nitrogens with zero attached hydrogens (tertiary/aromatic N) is 4. The van der Waals surface area contributed by atoms with Crippen molar-refractivity contribution in [1.82, 2.24) is 19.6 Å². The Kier molecular flexibility index (Phi) is 5.00. The summed E-state index contributed by atoms with van der Waals surface area (Å²) < 4.78 is 26.9. The van der Waals surface area contributed by atoms with Gasteiger partial charge in [0.1, 0.15) is 0 Å². The fourth-order valence-electron chi connectivity index (χ4n) is 2.10. The predicted molar refractivity (Wildman–Crippen MR) is 89.2 cm³/mol. The Morgan fingerprint density at radius 1 is 1.24 bits per heavy atom. The highest BCUT2D eigenvalue weighted by Gasteiger charge is 2.14. The molecule has 2 aromatic heterocycles. The van der Waals surface area contributed by atoms with Gasteiger partial charge in [0.15, 0.2) is 5.69 Å². The summed E-state index contributed by atoms with van der Waals surface area (Å²) in [6, 6.07) is 6.43.